The molecule has 1 amide bonds. The smallest absolute Gasteiger partial charge is 0.297 e. The van der Waals surface area contributed by atoms with Crippen LogP contribution < -0.4 is 29.1 Å². The lowest BCUT2D eigenvalue weighted by Gasteiger charge is -2.57. The lowest BCUT2D eigenvalue weighted by molar-refractivity contribution is -0.384. The summed E-state index contributed by atoms with van der Waals surface area (Å²) in [4.78, 5) is 37.8. The molecule has 0 radical (unpaired) electrons. The number of pyridine rings is 1. The fraction of sp³-hybridized carbons (Fsp3) is 0.519. The molecule has 5 aromatic rings. The average molecular weight is 1020 g/mol. The number of nitrogens with zero attached hydrogens (tertiary/aromatic N) is 4. The second-order valence-electron chi connectivity index (χ2n) is 21.6. The highest BCUT2D eigenvalue weighted by Gasteiger charge is 2.49. The number of sulfonamides is 1. The molecular formula is C54H66FN7O10S. The first kappa shape index (κ1) is 50.5. The molecule has 2 aromatic heterocycles. The van der Waals surface area contributed by atoms with Gasteiger partial charge in [0.25, 0.3) is 27.5 Å². The predicted molar refractivity (Wildman–Crippen MR) is 274 cm³/mol. The van der Waals surface area contributed by atoms with Gasteiger partial charge in [-0.2, -0.15) is 4.98 Å². The van der Waals surface area contributed by atoms with Crippen molar-refractivity contribution in [1.29, 1.82) is 0 Å². The van der Waals surface area contributed by atoms with E-state index in [0.29, 0.717) is 43.6 Å². The molecule has 5 aliphatic rings. The third-order valence-electron chi connectivity index (χ3n) is 16.3. The van der Waals surface area contributed by atoms with E-state index < -0.39 is 42.9 Å². The summed E-state index contributed by atoms with van der Waals surface area (Å²) < 4.78 is 69.4. The molecule has 2 aliphatic carbocycles. The number of hydrogen-bond acceptors (Lipinski definition) is 14. The molecule has 2 saturated carbocycles. The zero-order chi connectivity index (χ0) is 51.4. The molecular weight excluding hydrogens is 958 g/mol. The van der Waals surface area contributed by atoms with Gasteiger partial charge >= 0.3 is 0 Å². The first-order valence-corrected chi connectivity index (χ1v) is 27.1. The molecule has 0 bridgehead atoms. The number of aliphatic hydroxyl groups is 1. The Morgan fingerprint density at radius 2 is 1.78 bits per heavy atom. The van der Waals surface area contributed by atoms with Gasteiger partial charge in [-0.3, -0.25) is 19.8 Å². The fourth-order valence-corrected chi connectivity index (χ4v) is 12.9. The van der Waals surface area contributed by atoms with Crippen LogP contribution >= 0.6 is 0 Å². The summed E-state index contributed by atoms with van der Waals surface area (Å²) in [6.45, 7) is 11.9. The molecule has 390 valence electrons. The number of carbonyl (C=O) groups is 1. The molecule has 1 spiro atoms. The van der Waals surface area contributed by atoms with Crippen molar-refractivity contribution < 1.29 is 46.6 Å². The topological polar surface area (TPSA) is 211 Å². The number of anilines is 2. The van der Waals surface area contributed by atoms with Crippen LogP contribution in [0.4, 0.5) is 21.5 Å². The summed E-state index contributed by atoms with van der Waals surface area (Å²) in [5, 5.41) is 26.3. The highest BCUT2D eigenvalue weighted by molar-refractivity contribution is 7.90. The normalized spacial score (nSPS) is 24.4. The molecule has 3 aliphatic heterocycles. The second-order valence-corrected chi connectivity index (χ2v) is 23.3. The summed E-state index contributed by atoms with van der Waals surface area (Å²) in [7, 11) is -3.25. The first-order chi connectivity index (χ1) is 34.9. The SMILES string of the molecule is CO[C@H](C)COc1nc2[nH]cc(F)c2cc1Oc1cc(N2CCC3(CC2)CN(C2CCC[C@H]2c2ccccc2C(C)C)C3)ccc1C(=O)NS(=O)(=O)c1cc2c(c([N+](=O)[O-])c1)N[C@@H]([C@H]1CC[C@](C)(O)CC1)CO2. The van der Waals surface area contributed by atoms with Gasteiger partial charge in [0.05, 0.1) is 38.5 Å². The van der Waals surface area contributed by atoms with Gasteiger partial charge in [-0.05, 0) is 112 Å². The monoisotopic (exact) mass is 1020 g/mol. The second kappa shape index (κ2) is 20.0. The van der Waals surface area contributed by atoms with Crippen LogP contribution in [0.25, 0.3) is 11.0 Å². The molecule has 2 saturated heterocycles. The van der Waals surface area contributed by atoms with Crippen molar-refractivity contribution in [3.8, 4) is 23.1 Å². The van der Waals surface area contributed by atoms with Crippen LogP contribution in [0.15, 0.2) is 71.8 Å². The van der Waals surface area contributed by atoms with Crippen molar-refractivity contribution in [2.45, 2.75) is 126 Å². The quantitative estimate of drug-likeness (QED) is 0.0569. The zero-order valence-electron chi connectivity index (χ0n) is 42.1. The van der Waals surface area contributed by atoms with Crippen molar-refractivity contribution in [2.24, 2.45) is 11.3 Å². The molecule has 73 heavy (non-hydrogen) atoms. The molecule has 4 fully saturated rings. The first-order valence-electron chi connectivity index (χ1n) is 25.6. The van der Waals surface area contributed by atoms with E-state index in [-0.39, 0.29) is 82.1 Å². The minimum atomic E-state index is -4.78. The Labute approximate surface area is 425 Å². The van der Waals surface area contributed by atoms with E-state index in [4.69, 9.17) is 18.9 Å². The standard InChI is InChI=1S/C54H66FN7O10S/c1-32(2)37-9-6-7-10-38(37)39-11-8-12-44(39)61-30-54(31-61)19-21-60(22-20-54)35-13-14-40(46(23-35)72-48-26-41-42(55)27-56-50(41)58-52(48)71-28-33(3)69-5)51(63)59-73(67,68)36-24-45(62(65)66)49-47(25-36)70-29-43(57-49)34-15-17-53(4,64)18-16-34/h6-7,9-10,13-14,23-27,32-34,39,43-44,57,64H,8,11-12,15-22,28-31H2,1-5H3,(H,56,58)(H,59,63)/t33-,34-,39+,43-,44?,53-/m1/s1. The Bertz CT molecular complexity index is 2990. The Morgan fingerprint density at radius 1 is 1.03 bits per heavy atom. The Morgan fingerprint density at radius 3 is 2.51 bits per heavy atom. The van der Waals surface area contributed by atoms with Gasteiger partial charge in [0.15, 0.2) is 17.2 Å². The molecule has 1 unspecified atom stereocenters. The molecule has 17 nitrogen and oxygen atoms in total. The zero-order valence-corrected chi connectivity index (χ0v) is 42.9. The van der Waals surface area contributed by atoms with Crippen LogP contribution in [0.2, 0.25) is 0 Å². The molecule has 4 atom stereocenters. The van der Waals surface area contributed by atoms with E-state index in [1.54, 1.807) is 26.0 Å². The van der Waals surface area contributed by atoms with Crippen LogP contribution in [0.3, 0.4) is 0 Å². The van der Waals surface area contributed by atoms with Gasteiger partial charge < -0.3 is 39.3 Å². The van der Waals surface area contributed by atoms with Gasteiger partial charge in [0, 0.05) is 75.5 Å². The number of likely N-dealkylation sites (tertiary alicyclic amines) is 1. The van der Waals surface area contributed by atoms with Crippen molar-refractivity contribution in [3.63, 3.8) is 0 Å². The number of carbonyl (C=O) groups excluding carboxylic acids is 1. The highest BCUT2D eigenvalue weighted by Crippen LogP contribution is 2.50. The number of piperidine rings is 1. The van der Waals surface area contributed by atoms with Crippen LogP contribution in [0, 0.1) is 27.3 Å². The molecule has 10 rings (SSSR count). The third kappa shape index (κ3) is 10.3. The number of H-pyrrole nitrogens is 1. The lowest BCUT2D eigenvalue weighted by atomic mass is 9.70. The van der Waals surface area contributed by atoms with Crippen LogP contribution in [-0.2, 0) is 14.8 Å². The average Bonchev–Trinajstić information content (AvgIpc) is 4.00. The number of hydrogen-bond donors (Lipinski definition) is 4. The maximum absolute atomic E-state index is 15.1. The van der Waals surface area contributed by atoms with Gasteiger partial charge in [-0.1, -0.05) is 44.5 Å². The summed E-state index contributed by atoms with van der Waals surface area (Å²) in [5.74, 6) is -0.777. The van der Waals surface area contributed by atoms with Gasteiger partial charge in [-0.15, -0.1) is 0 Å². The van der Waals surface area contributed by atoms with E-state index in [9.17, 15) is 28.4 Å². The van der Waals surface area contributed by atoms with E-state index in [1.807, 2.05) is 0 Å². The largest absolute Gasteiger partial charge is 0.489 e. The van der Waals surface area contributed by atoms with E-state index in [0.717, 1.165) is 63.0 Å². The van der Waals surface area contributed by atoms with E-state index in [1.165, 1.54) is 49.6 Å². The number of amides is 1. The fourth-order valence-electron chi connectivity index (χ4n) is 11.9. The number of nitro benzene ring substituents is 1. The minimum Gasteiger partial charge on any atom is -0.489 e. The number of benzene rings is 3. The van der Waals surface area contributed by atoms with Crippen LogP contribution in [-0.4, -0.2) is 110 Å². The van der Waals surface area contributed by atoms with Crippen LogP contribution in [0.1, 0.15) is 119 Å². The van der Waals surface area contributed by atoms with Crippen molar-refractivity contribution >= 4 is 44.0 Å². The van der Waals surface area contributed by atoms with Crippen molar-refractivity contribution in [3.05, 3.63) is 99.5 Å². The molecule has 4 N–H and O–H groups in total. The number of ether oxygens (including phenoxy) is 4. The lowest BCUT2D eigenvalue weighted by Crippen LogP contribution is -2.63. The van der Waals surface area contributed by atoms with Crippen LogP contribution in [0.5, 0.6) is 23.1 Å². The number of rotatable bonds is 15. The number of fused-ring (bicyclic) bond motifs is 2. The summed E-state index contributed by atoms with van der Waals surface area (Å²) in [6, 6.07) is 17.5. The number of methoxy groups -OCH3 is 1. The summed E-state index contributed by atoms with van der Waals surface area (Å²) in [6.07, 6.45) is 8.87. The number of nitro groups is 1. The number of nitrogens with one attached hydrogen (secondary N) is 3. The number of aromatic amines is 1. The van der Waals surface area contributed by atoms with Gasteiger partial charge in [0.2, 0.25) is 0 Å². The Hall–Kier alpha value is -6.02. The molecule has 3 aromatic carbocycles. The predicted octanol–water partition coefficient (Wildman–Crippen LogP) is 9.41. The Balaban J connectivity index is 0.904. The number of halogens is 1. The maximum Gasteiger partial charge on any atom is 0.297 e. The number of aromatic nitrogens is 2. The van der Waals surface area contributed by atoms with Crippen molar-refractivity contribution in [2.75, 3.05) is 56.7 Å². The Kier molecular flexibility index (Phi) is 13.8. The third-order valence-corrected chi connectivity index (χ3v) is 17.6. The minimum absolute atomic E-state index is 0.0261. The molecule has 19 heteroatoms. The summed E-state index contributed by atoms with van der Waals surface area (Å²) in [5.41, 5.74) is 2.60. The highest BCUT2D eigenvalue weighted by atomic mass is 32.2. The van der Waals surface area contributed by atoms with E-state index >= 15 is 4.39 Å². The van der Waals surface area contributed by atoms with Gasteiger partial charge in [0.1, 0.15) is 30.4 Å². The summed E-state index contributed by atoms with van der Waals surface area (Å²) >= 11 is 0. The van der Waals surface area contributed by atoms with E-state index in [2.05, 4.69) is 67.9 Å². The van der Waals surface area contributed by atoms with Gasteiger partial charge in [-0.25, -0.2) is 17.5 Å². The molecule has 5 heterocycles. The van der Waals surface area contributed by atoms with Crippen molar-refractivity contribution in [1.82, 2.24) is 19.6 Å². The maximum atomic E-state index is 15.1.